The van der Waals surface area contributed by atoms with E-state index in [-0.39, 0.29) is 12.5 Å². The number of aliphatic hydroxyl groups excluding tert-OH is 1. The second-order valence-electron chi connectivity index (χ2n) is 5.73. The fourth-order valence-electron chi connectivity index (χ4n) is 2.26. The van der Waals surface area contributed by atoms with Gasteiger partial charge in [0.2, 0.25) is 5.91 Å². The van der Waals surface area contributed by atoms with Crippen molar-refractivity contribution in [1.29, 1.82) is 0 Å². The van der Waals surface area contributed by atoms with E-state index in [0.29, 0.717) is 12.8 Å². The van der Waals surface area contributed by atoms with Crippen LogP contribution in [-0.2, 0) is 11.2 Å². The molecule has 0 aliphatic rings. The van der Waals surface area contributed by atoms with Crippen LogP contribution in [0, 0.1) is 0 Å². The fourth-order valence-corrected chi connectivity index (χ4v) is 2.26. The minimum atomic E-state index is -0.637. The third-order valence-electron chi connectivity index (χ3n) is 4.01. The maximum absolute atomic E-state index is 12.2. The third kappa shape index (κ3) is 3.43. The summed E-state index contributed by atoms with van der Waals surface area (Å²) in [5.74, 6) is -0.237. The molecule has 0 spiro atoms. The van der Waals surface area contributed by atoms with E-state index in [2.05, 4.69) is 10.3 Å². The molecule has 0 radical (unpaired) electrons. The quantitative estimate of drug-likeness (QED) is 0.646. The number of rotatable bonds is 6. The lowest BCUT2D eigenvalue weighted by Gasteiger charge is -2.28. The minimum Gasteiger partial charge on any atom is -0.394 e. The molecule has 1 amide bonds. The zero-order valence-corrected chi connectivity index (χ0v) is 12.5. The Morgan fingerprint density at radius 1 is 1.48 bits per heavy atom. The smallest absolute Gasteiger partial charge is 0.237 e. The van der Waals surface area contributed by atoms with Gasteiger partial charge < -0.3 is 21.1 Å². The zero-order chi connectivity index (χ0) is 15.5. The number of para-hydroxylation sites is 1. The van der Waals surface area contributed by atoms with Crippen LogP contribution >= 0.6 is 0 Å². The number of aliphatic hydroxyl groups is 1. The van der Waals surface area contributed by atoms with Crippen molar-refractivity contribution < 1.29 is 9.90 Å². The van der Waals surface area contributed by atoms with Gasteiger partial charge in [0.05, 0.1) is 18.2 Å². The first-order valence-corrected chi connectivity index (χ1v) is 7.22. The van der Waals surface area contributed by atoms with Gasteiger partial charge in [-0.25, -0.2) is 0 Å². The van der Waals surface area contributed by atoms with Crippen molar-refractivity contribution in [3.05, 3.63) is 36.0 Å². The van der Waals surface area contributed by atoms with Gasteiger partial charge in [-0.15, -0.1) is 0 Å². The number of nitrogens with one attached hydrogen (secondary N) is 2. The molecule has 1 aromatic carbocycles. The molecular formula is C16H23N3O2. The summed E-state index contributed by atoms with van der Waals surface area (Å²) in [6.45, 7) is 3.63. The lowest BCUT2D eigenvalue weighted by molar-refractivity contribution is -0.124. The molecule has 0 saturated heterocycles. The highest BCUT2D eigenvalue weighted by Crippen LogP contribution is 2.19. The summed E-state index contributed by atoms with van der Waals surface area (Å²) in [7, 11) is 0. The first-order chi connectivity index (χ1) is 9.99. The molecule has 2 atom stereocenters. The first-order valence-electron chi connectivity index (χ1n) is 7.22. The molecule has 1 aromatic heterocycles. The average Bonchev–Trinajstić information content (AvgIpc) is 2.90. The molecule has 2 rings (SSSR count). The number of nitrogens with two attached hydrogens (primary N) is 1. The fraction of sp³-hybridized carbons (Fsp3) is 0.438. The van der Waals surface area contributed by atoms with Crippen LogP contribution in [0.3, 0.4) is 0 Å². The first kappa shape index (κ1) is 15.5. The normalized spacial score (nSPS) is 15.6. The van der Waals surface area contributed by atoms with Gasteiger partial charge in [-0.1, -0.05) is 25.1 Å². The molecule has 1 heterocycles. The molecular weight excluding hydrogens is 266 g/mol. The Labute approximate surface area is 124 Å². The predicted octanol–water partition coefficient (Wildman–Crippen LogP) is 1.31. The molecule has 2 aromatic rings. The number of carbonyl (C=O) groups is 1. The van der Waals surface area contributed by atoms with Crippen LogP contribution in [0.5, 0.6) is 0 Å². The third-order valence-corrected chi connectivity index (χ3v) is 4.01. The van der Waals surface area contributed by atoms with Gasteiger partial charge >= 0.3 is 0 Å². The van der Waals surface area contributed by atoms with Crippen molar-refractivity contribution in [2.45, 2.75) is 38.3 Å². The lowest BCUT2D eigenvalue weighted by atomic mass is 9.98. The molecule has 0 aliphatic carbocycles. The Bertz CT molecular complexity index is 617. The van der Waals surface area contributed by atoms with Crippen molar-refractivity contribution in [3.8, 4) is 0 Å². The summed E-state index contributed by atoms with van der Waals surface area (Å²) < 4.78 is 0. The van der Waals surface area contributed by atoms with Gasteiger partial charge in [0.25, 0.3) is 0 Å². The number of H-pyrrole nitrogens is 1. The largest absolute Gasteiger partial charge is 0.394 e. The summed E-state index contributed by atoms with van der Waals surface area (Å²) in [6, 6.07) is 7.29. The SMILES string of the molecule is CCC(C)(CO)NC(=O)[C@@H](N)Cc1c[nH]c2ccccc12. The molecule has 0 saturated carbocycles. The standard InChI is InChI=1S/C16H23N3O2/c1-3-16(2,10-20)19-15(21)13(17)8-11-9-18-14-7-5-4-6-12(11)14/h4-7,9,13,18,20H,3,8,10,17H2,1-2H3,(H,19,21)/t13-,16?/m0/s1. The number of carbonyl (C=O) groups excluding carboxylic acids is 1. The Hall–Kier alpha value is -1.85. The molecule has 1 unspecified atom stereocenters. The van der Waals surface area contributed by atoms with Crippen LogP contribution in [0.25, 0.3) is 10.9 Å². The maximum Gasteiger partial charge on any atom is 0.237 e. The van der Waals surface area contributed by atoms with Crippen molar-refractivity contribution in [2.75, 3.05) is 6.61 Å². The second kappa shape index (κ2) is 6.28. The Balaban J connectivity index is 2.07. The number of fused-ring (bicyclic) bond motifs is 1. The minimum absolute atomic E-state index is 0.102. The van der Waals surface area contributed by atoms with Crippen molar-refractivity contribution in [2.24, 2.45) is 5.73 Å². The van der Waals surface area contributed by atoms with E-state index >= 15 is 0 Å². The number of amides is 1. The summed E-state index contributed by atoms with van der Waals surface area (Å²) in [6.07, 6.45) is 3.00. The van der Waals surface area contributed by atoms with Crippen LogP contribution < -0.4 is 11.1 Å². The molecule has 21 heavy (non-hydrogen) atoms. The summed E-state index contributed by atoms with van der Waals surface area (Å²) >= 11 is 0. The molecule has 5 N–H and O–H groups in total. The van der Waals surface area contributed by atoms with E-state index in [1.54, 1.807) is 0 Å². The topological polar surface area (TPSA) is 91.1 Å². The van der Waals surface area contributed by atoms with Crippen molar-refractivity contribution in [3.63, 3.8) is 0 Å². The van der Waals surface area contributed by atoms with Gasteiger partial charge in [0.15, 0.2) is 0 Å². The van der Waals surface area contributed by atoms with E-state index in [4.69, 9.17) is 5.73 Å². The van der Waals surface area contributed by atoms with Crippen molar-refractivity contribution >= 4 is 16.8 Å². The molecule has 0 aliphatic heterocycles. The number of hydrogen-bond acceptors (Lipinski definition) is 3. The lowest BCUT2D eigenvalue weighted by Crippen LogP contribution is -2.54. The Kier molecular flexibility index (Phi) is 4.65. The average molecular weight is 289 g/mol. The maximum atomic E-state index is 12.2. The van der Waals surface area contributed by atoms with Gasteiger partial charge in [0, 0.05) is 17.1 Å². The van der Waals surface area contributed by atoms with Crippen molar-refractivity contribution in [1.82, 2.24) is 10.3 Å². The number of aromatic amines is 1. The van der Waals surface area contributed by atoms with E-state index in [1.165, 1.54) is 0 Å². The molecule has 114 valence electrons. The zero-order valence-electron chi connectivity index (χ0n) is 12.5. The van der Waals surface area contributed by atoms with Gasteiger partial charge in [-0.2, -0.15) is 0 Å². The number of aromatic nitrogens is 1. The van der Waals surface area contributed by atoms with E-state index in [9.17, 15) is 9.90 Å². The van der Waals surface area contributed by atoms with E-state index < -0.39 is 11.6 Å². The summed E-state index contributed by atoms with van der Waals surface area (Å²) in [4.78, 5) is 15.4. The molecule has 5 heteroatoms. The molecule has 5 nitrogen and oxygen atoms in total. The van der Waals surface area contributed by atoms with Crippen LogP contribution in [0.4, 0.5) is 0 Å². The number of hydrogen-bond donors (Lipinski definition) is 4. The Morgan fingerprint density at radius 2 is 2.19 bits per heavy atom. The monoisotopic (exact) mass is 289 g/mol. The molecule has 0 bridgehead atoms. The van der Waals surface area contributed by atoms with Crippen LogP contribution in [-0.4, -0.2) is 34.2 Å². The van der Waals surface area contributed by atoms with Gasteiger partial charge in [-0.05, 0) is 31.4 Å². The van der Waals surface area contributed by atoms with Crippen LogP contribution in [0.2, 0.25) is 0 Å². The summed E-state index contributed by atoms with van der Waals surface area (Å²) in [5.41, 5.74) is 7.45. The highest BCUT2D eigenvalue weighted by molar-refractivity contribution is 5.86. The highest BCUT2D eigenvalue weighted by atomic mass is 16.3. The van der Waals surface area contributed by atoms with Gasteiger partial charge in [0.1, 0.15) is 0 Å². The van der Waals surface area contributed by atoms with E-state index in [0.717, 1.165) is 16.5 Å². The van der Waals surface area contributed by atoms with E-state index in [1.807, 2.05) is 44.3 Å². The summed E-state index contributed by atoms with van der Waals surface area (Å²) in [5, 5.41) is 13.3. The van der Waals surface area contributed by atoms with Gasteiger partial charge in [-0.3, -0.25) is 4.79 Å². The van der Waals surface area contributed by atoms with Crippen LogP contribution in [0.1, 0.15) is 25.8 Å². The predicted molar refractivity (Wildman–Crippen MR) is 83.9 cm³/mol. The van der Waals surface area contributed by atoms with Crippen LogP contribution in [0.15, 0.2) is 30.5 Å². The number of benzene rings is 1. The highest BCUT2D eigenvalue weighted by Gasteiger charge is 2.26. The molecule has 0 fully saturated rings. The Morgan fingerprint density at radius 3 is 2.86 bits per heavy atom. The second-order valence-corrected chi connectivity index (χ2v) is 5.73.